The second kappa shape index (κ2) is 8.62. The second-order valence-corrected chi connectivity index (χ2v) is 5.72. The highest BCUT2D eigenvalue weighted by Gasteiger charge is 2.13. The highest BCUT2D eigenvalue weighted by molar-refractivity contribution is 5.92. The summed E-state index contributed by atoms with van der Waals surface area (Å²) >= 11 is 0. The topological polar surface area (TPSA) is 39.4 Å². The molecule has 0 spiro atoms. The van der Waals surface area contributed by atoms with Crippen molar-refractivity contribution in [1.82, 2.24) is 0 Å². The Labute approximate surface area is 132 Å². The molecular formula is C19H26O3. The summed E-state index contributed by atoms with van der Waals surface area (Å²) in [6, 6.07) is 7.93. The number of carbonyl (C=O) groups excluding carboxylic acids is 1. The summed E-state index contributed by atoms with van der Waals surface area (Å²) in [5.74, 6) is -0.107. The molecule has 0 N–H and O–H groups in total. The highest BCUT2D eigenvalue weighted by Crippen LogP contribution is 2.22. The molecular weight excluding hydrogens is 276 g/mol. The van der Waals surface area contributed by atoms with E-state index in [4.69, 9.17) is 9.15 Å². The van der Waals surface area contributed by atoms with E-state index in [1.54, 1.807) is 13.0 Å². The average molecular weight is 302 g/mol. The second-order valence-electron chi connectivity index (χ2n) is 5.72. The number of ether oxygens (including phenoxy) is 1. The molecule has 0 radical (unpaired) electrons. The minimum Gasteiger partial charge on any atom is -0.460 e. The SMILES string of the molecule is CCCCCCCCc1ccc2oc(C(=O)OCC)cc2c1. The van der Waals surface area contributed by atoms with Crippen LogP contribution in [0.1, 0.15) is 68.5 Å². The number of esters is 1. The number of benzene rings is 1. The van der Waals surface area contributed by atoms with Gasteiger partial charge in [0, 0.05) is 5.39 Å². The molecule has 0 bridgehead atoms. The zero-order chi connectivity index (χ0) is 15.8. The normalized spacial score (nSPS) is 11.0. The maximum absolute atomic E-state index is 11.7. The van der Waals surface area contributed by atoms with Crippen LogP contribution in [0.15, 0.2) is 28.7 Å². The third kappa shape index (κ3) is 4.62. The van der Waals surface area contributed by atoms with E-state index in [2.05, 4.69) is 19.1 Å². The Morgan fingerprint density at radius 1 is 1.05 bits per heavy atom. The number of hydrogen-bond donors (Lipinski definition) is 0. The van der Waals surface area contributed by atoms with Crippen molar-refractivity contribution in [2.45, 2.75) is 58.8 Å². The van der Waals surface area contributed by atoms with E-state index in [0.29, 0.717) is 6.61 Å². The number of unbranched alkanes of at least 4 members (excludes halogenated alkanes) is 5. The monoisotopic (exact) mass is 302 g/mol. The van der Waals surface area contributed by atoms with Gasteiger partial charge in [0.1, 0.15) is 5.58 Å². The van der Waals surface area contributed by atoms with E-state index in [9.17, 15) is 4.79 Å². The molecule has 22 heavy (non-hydrogen) atoms. The number of rotatable bonds is 9. The summed E-state index contributed by atoms with van der Waals surface area (Å²) in [5.41, 5.74) is 2.05. The third-order valence-corrected chi connectivity index (χ3v) is 3.88. The average Bonchev–Trinajstić information content (AvgIpc) is 2.94. The van der Waals surface area contributed by atoms with Crippen LogP contribution in [0.5, 0.6) is 0 Å². The molecule has 1 aromatic heterocycles. The fourth-order valence-corrected chi connectivity index (χ4v) is 2.66. The first-order valence-electron chi connectivity index (χ1n) is 8.44. The molecule has 0 fully saturated rings. The van der Waals surface area contributed by atoms with Crippen LogP contribution < -0.4 is 0 Å². The lowest BCUT2D eigenvalue weighted by molar-refractivity contribution is 0.0492. The molecule has 2 rings (SSSR count). The molecule has 0 amide bonds. The van der Waals surface area contributed by atoms with Gasteiger partial charge in [-0.1, -0.05) is 45.1 Å². The van der Waals surface area contributed by atoms with Crippen LogP contribution in [0.4, 0.5) is 0 Å². The maximum atomic E-state index is 11.7. The predicted octanol–water partition coefficient (Wildman–Crippen LogP) is 5.51. The molecule has 0 aliphatic heterocycles. The summed E-state index contributed by atoms with van der Waals surface area (Å²) in [6.07, 6.45) is 8.91. The van der Waals surface area contributed by atoms with Gasteiger partial charge < -0.3 is 9.15 Å². The van der Waals surface area contributed by atoms with Crippen molar-refractivity contribution in [3.8, 4) is 0 Å². The van der Waals surface area contributed by atoms with Crippen LogP contribution in [-0.2, 0) is 11.2 Å². The van der Waals surface area contributed by atoms with Gasteiger partial charge in [0.25, 0.3) is 0 Å². The highest BCUT2D eigenvalue weighted by atomic mass is 16.5. The fourth-order valence-electron chi connectivity index (χ4n) is 2.66. The first-order valence-corrected chi connectivity index (χ1v) is 8.44. The number of carbonyl (C=O) groups is 1. The summed E-state index contributed by atoms with van der Waals surface area (Å²) in [5, 5.41) is 0.978. The van der Waals surface area contributed by atoms with E-state index in [1.807, 2.05) is 6.07 Å². The van der Waals surface area contributed by atoms with Crippen LogP contribution in [0, 0.1) is 0 Å². The van der Waals surface area contributed by atoms with E-state index >= 15 is 0 Å². The number of hydrogen-bond acceptors (Lipinski definition) is 3. The summed E-state index contributed by atoms with van der Waals surface area (Å²) in [6.45, 7) is 4.39. The first kappa shape index (κ1) is 16.6. The Kier molecular flexibility index (Phi) is 6.50. The zero-order valence-corrected chi connectivity index (χ0v) is 13.7. The Morgan fingerprint density at radius 2 is 1.82 bits per heavy atom. The molecule has 0 aliphatic carbocycles. The molecule has 2 aromatic rings. The van der Waals surface area contributed by atoms with Gasteiger partial charge in [-0.2, -0.15) is 0 Å². The Bertz CT molecular complexity index is 598. The van der Waals surface area contributed by atoms with Gasteiger partial charge >= 0.3 is 5.97 Å². The minimum absolute atomic E-state index is 0.286. The van der Waals surface area contributed by atoms with Gasteiger partial charge in [0.15, 0.2) is 0 Å². The van der Waals surface area contributed by atoms with Crippen molar-refractivity contribution in [2.24, 2.45) is 0 Å². The zero-order valence-electron chi connectivity index (χ0n) is 13.7. The molecule has 0 atom stereocenters. The number of furan rings is 1. The Hall–Kier alpha value is -1.77. The van der Waals surface area contributed by atoms with Gasteiger partial charge in [0.2, 0.25) is 5.76 Å². The van der Waals surface area contributed by atoms with E-state index < -0.39 is 5.97 Å². The van der Waals surface area contributed by atoms with E-state index in [1.165, 1.54) is 44.1 Å². The van der Waals surface area contributed by atoms with Gasteiger partial charge in [-0.3, -0.25) is 0 Å². The predicted molar refractivity (Wildman–Crippen MR) is 89.3 cm³/mol. The molecule has 0 saturated heterocycles. The molecule has 3 nitrogen and oxygen atoms in total. The van der Waals surface area contributed by atoms with Gasteiger partial charge in [-0.25, -0.2) is 4.79 Å². The lowest BCUT2D eigenvalue weighted by atomic mass is 10.0. The first-order chi connectivity index (χ1) is 10.7. The van der Waals surface area contributed by atoms with Crippen molar-refractivity contribution in [3.63, 3.8) is 0 Å². The third-order valence-electron chi connectivity index (χ3n) is 3.88. The largest absolute Gasteiger partial charge is 0.460 e. The lowest BCUT2D eigenvalue weighted by Gasteiger charge is -2.02. The van der Waals surface area contributed by atoms with Crippen molar-refractivity contribution >= 4 is 16.9 Å². The lowest BCUT2D eigenvalue weighted by Crippen LogP contribution is -2.02. The molecule has 3 heteroatoms. The number of aryl methyl sites for hydroxylation is 1. The van der Waals surface area contributed by atoms with Crippen molar-refractivity contribution in [2.75, 3.05) is 6.61 Å². The quantitative estimate of drug-likeness (QED) is 0.452. The van der Waals surface area contributed by atoms with Crippen LogP contribution in [0.2, 0.25) is 0 Å². The smallest absolute Gasteiger partial charge is 0.374 e. The molecule has 120 valence electrons. The standard InChI is InChI=1S/C19H26O3/c1-3-5-6-7-8-9-10-15-11-12-17-16(13-15)14-18(22-17)19(20)21-4-2/h11-14H,3-10H2,1-2H3. The molecule has 1 heterocycles. The summed E-state index contributed by atoms with van der Waals surface area (Å²) in [4.78, 5) is 11.7. The van der Waals surface area contributed by atoms with Crippen LogP contribution in [0.3, 0.4) is 0 Å². The van der Waals surface area contributed by atoms with Crippen LogP contribution >= 0.6 is 0 Å². The van der Waals surface area contributed by atoms with E-state index in [0.717, 1.165) is 17.4 Å². The van der Waals surface area contributed by atoms with Gasteiger partial charge in [-0.05, 0) is 43.5 Å². The van der Waals surface area contributed by atoms with Gasteiger partial charge in [0.05, 0.1) is 6.61 Å². The van der Waals surface area contributed by atoms with Crippen molar-refractivity contribution in [1.29, 1.82) is 0 Å². The Balaban J connectivity index is 1.91. The summed E-state index contributed by atoms with van der Waals surface area (Å²) < 4.78 is 10.5. The van der Waals surface area contributed by atoms with Gasteiger partial charge in [-0.15, -0.1) is 0 Å². The van der Waals surface area contributed by atoms with Crippen molar-refractivity contribution < 1.29 is 13.9 Å². The van der Waals surface area contributed by atoms with Crippen LogP contribution in [-0.4, -0.2) is 12.6 Å². The molecule has 0 aliphatic rings. The van der Waals surface area contributed by atoms with E-state index in [-0.39, 0.29) is 5.76 Å². The summed E-state index contributed by atoms with van der Waals surface area (Å²) in [7, 11) is 0. The Morgan fingerprint density at radius 3 is 2.59 bits per heavy atom. The minimum atomic E-state index is -0.392. The molecule has 0 saturated carbocycles. The molecule has 1 aromatic carbocycles. The number of fused-ring (bicyclic) bond motifs is 1. The maximum Gasteiger partial charge on any atom is 0.374 e. The van der Waals surface area contributed by atoms with Crippen molar-refractivity contribution in [3.05, 3.63) is 35.6 Å². The van der Waals surface area contributed by atoms with Crippen LogP contribution in [0.25, 0.3) is 11.0 Å². The fraction of sp³-hybridized carbons (Fsp3) is 0.526. The molecule has 0 unspecified atom stereocenters.